The predicted octanol–water partition coefficient (Wildman–Crippen LogP) is 3.88. The molecule has 0 spiro atoms. The molecule has 0 saturated heterocycles. The smallest absolute Gasteiger partial charge is 0.334 e. The van der Waals surface area contributed by atoms with E-state index in [0.717, 1.165) is 11.1 Å². The summed E-state index contributed by atoms with van der Waals surface area (Å²) < 4.78 is 0. The fourth-order valence-corrected chi connectivity index (χ4v) is 2.32. The van der Waals surface area contributed by atoms with Crippen molar-refractivity contribution in [3.05, 3.63) is 70.2 Å². The van der Waals surface area contributed by atoms with Gasteiger partial charge in [0.25, 0.3) is 0 Å². The van der Waals surface area contributed by atoms with Crippen LogP contribution in [0.2, 0.25) is 0 Å². The van der Waals surface area contributed by atoms with Gasteiger partial charge in [-0.25, -0.2) is 15.0 Å². The largest absolute Gasteiger partial charge is 0.353 e. The van der Waals surface area contributed by atoms with E-state index in [1.165, 1.54) is 6.33 Å². The molecule has 0 atom stereocenters. The topological polar surface area (TPSA) is 106 Å². The Hall–Kier alpha value is -3.55. The molecule has 2 heterocycles. The number of nitro groups is 1. The van der Waals surface area contributed by atoms with E-state index in [0.29, 0.717) is 11.5 Å². The van der Waals surface area contributed by atoms with Crippen LogP contribution in [0.5, 0.6) is 0 Å². The van der Waals surface area contributed by atoms with Crippen LogP contribution < -0.4 is 10.6 Å². The molecule has 0 radical (unpaired) electrons. The van der Waals surface area contributed by atoms with Crippen LogP contribution in [0.3, 0.4) is 0 Å². The lowest BCUT2D eigenvalue weighted by molar-refractivity contribution is -0.383. The number of aromatic nitrogens is 3. The van der Waals surface area contributed by atoms with E-state index >= 15 is 0 Å². The van der Waals surface area contributed by atoms with Gasteiger partial charge in [-0.15, -0.1) is 0 Å². The highest BCUT2D eigenvalue weighted by Crippen LogP contribution is 2.32. The number of anilines is 4. The zero-order valence-corrected chi connectivity index (χ0v) is 13.7. The number of rotatable bonds is 5. The maximum Gasteiger partial charge on any atom is 0.353 e. The van der Waals surface area contributed by atoms with E-state index in [2.05, 4.69) is 25.6 Å². The number of hydrogen-bond acceptors (Lipinski definition) is 7. The van der Waals surface area contributed by atoms with Crippen molar-refractivity contribution in [1.82, 2.24) is 15.0 Å². The lowest BCUT2D eigenvalue weighted by Gasteiger charge is -2.10. The summed E-state index contributed by atoms with van der Waals surface area (Å²) in [5.74, 6) is 0.664. The van der Waals surface area contributed by atoms with Gasteiger partial charge < -0.3 is 10.6 Å². The molecule has 0 aliphatic rings. The maximum atomic E-state index is 11.6. The average molecular weight is 336 g/mol. The molecule has 0 bridgehead atoms. The molecule has 2 aromatic heterocycles. The van der Waals surface area contributed by atoms with E-state index < -0.39 is 4.92 Å². The second kappa shape index (κ2) is 6.91. The Morgan fingerprint density at radius 3 is 2.36 bits per heavy atom. The summed E-state index contributed by atoms with van der Waals surface area (Å²) in [5.41, 5.74) is 2.48. The van der Waals surface area contributed by atoms with Gasteiger partial charge in [0.2, 0.25) is 11.6 Å². The normalized spacial score (nSPS) is 10.3. The Bertz CT molecular complexity index is 863. The van der Waals surface area contributed by atoms with Crippen LogP contribution >= 0.6 is 0 Å². The number of benzene rings is 1. The lowest BCUT2D eigenvalue weighted by Crippen LogP contribution is -2.06. The Labute approximate surface area is 144 Å². The van der Waals surface area contributed by atoms with Crippen LogP contribution in [-0.4, -0.2) is 19.9 Å². The first kappa shape index (κ1) is 16.3. The molecule has 8 nitrogen and oxygen atoms in total. The molecule has 2 N–H and O–H groups in total. The number of aryl methyl sites for hydroxylation is 2. The third kappa shape index (κ3) is 3.86. The minimum absolute atomic E-state index is 0.0771. The van der Waals surface area contributed by atoms with Crippen molar-refractivity contribution in [2.45, 2.75) is 13.8 Å². The van der Waals surface area contributed by atoms with Crippen molar-refractivity contribution in [3.8, 4) is 0 Å². The van der Waals surface area contributed by atoms with Gasteiger partial charge in [0.1, 0.15) is 12.1 Å². The summed E-state index contributed by atoms with van der Waals surface area (Å²) in [6.45, 7) is 3.85. The zero-order valence-electron chi connectivity index (χ0n) is 13.7. The molecule has 0 aliphatic carbocycles. The molecule has 0 saturated carbocycles. The molecule has 0 aliphatic heterocycles. The fraction of sp³-hybridized carbons (Fsp3) is 0.118. The Morgan fingerprint density at radius 2 is 1.68 bits per heavy atom. The minimum atomic E-state index is -0.518. The second-order valence-electron chi connectivity index (χ2n) is 5.51. The van der Waals surface area contributed by atoms with Crippen molar-refractivity contribution < 1.29 is 4.92 Å². The lowest BCUT2D eigenvalue weighted by atomic mass is 10.2. The van der Waals surface area contributed by atoms with Gasteiger partial charge in [-0.2, -0.15) is 0 Å². The Morgan fingerprint density at radius 1 is 0.960 bits per heavy atom. The highest BCUT2D eigenvalue weighted by Gasteiger charge is 2.23. The third-order valence-corrected chi connectivity index (χ3v) is 3.45. The van der Waals surface area contributed by atoms with E-state index in [4.69, 9.17) is 0 Å². The van der Waals surface area contributed by atoms with Crippen LogP contribution in [0.1, 0.15) is 11.1 Å². The molecular formula is C17H16N6O2. The zero-order chi connectivity index (χ0) is 17.8. The summed E-state index contributed by atoms with van der Waals surface area (Å²) in [6.07, 6.45) is 2.89. The first-order valence-electron chi connectivity index (χ1n) is 7.55. The Balaban J connectivity index is 1.98. The van der Waals surface area contributed by atoms with Crippen LogP contribution in [-0.2, 0) is 0 Å². The van der Waals surface area contributed by atoms with Crippen molar-refractivity contribution >= 4 is 28.8 Å². The van der Waals surface area contributed by atoms with Gasteiger partial charge in [0, 0.05) is 11.9 Å². The molecular weight excluding hydrogens is 320 g/mol. The van der Waals surface area contributed by atoms with E-state index in [1.54, 1.807) is 12.3 Å². The molecule has 0 unspecified atom stereocenters. The summed E-state index contributed by atoms with van der Waals surface area (Å²) in [4.78, 5) is 23.2. The van der Waals surface area contributed by atoms with Crippen molar-refractivity contribution in [1.29, 1.82) is 0 Å². The number of nitrogens with zero attached hydrogens (tertiary/aromatic N) is 4. The van der Waals surface area contributed by atoms with Crippen LogP contribution in [0, 0.1) is 24.0 Å². The fourth-order valence-electron chi connectivity index (χ4n) is 2.32. The van der Waals surface area contributed by atoms with Crippen molar-refractivity contribution in [3.63, 3.8) is 0 Å². The summed E-state index contributed by atoms with van der Waals surface area (Å²) >= 11 is 0. The third-order valence-electron chi connectivity index (χ3n) is 3.45. The van der Waals surface area contributed by atoms with Gasteiger partial charge in [0.15, 0.2) is 0 Å². The van der Waals surface area contributed by atoms with Crippen LogP contribution in [0.25, 0.3) is 0 Å². The molecule has 1 aromatic carbocycles. The SMILES string of the molecule is Cc1cccc(Nc2ncnc(Nc3cc(C)ccn3)c2[N+](=O)[O-])c1. The summed E-state index contributed by atoms with van der Waals surface area (Å²) in [7, 11) is 0. The summed E-state index contributed by atoms with van der Waals surface area (Å²) in [5, 5.41) is 17.4. The van der Waals surface area contributed by atoms with Gasteiger partial charge in [-0.05, 0) is 49.2 Å². The molecule has 0 amide bonds. The highest BCUT2D eigenvalue weighted by atomic mass is 16.6. The highest BCUT2D eigenvalue weighted by molar-refractivity contribution is 5.76. The minimum Gasteiger partial charge on any atom is -0.334 e. The monoisotopic (exact) mass is 336 g/mol. The van der Waals surface area contributed by atoms with Gasteiger partial charge in [-0.3, -0.25) is 10.1 Å². The van der Waals surface area contributed by atoms with Gasteiger partial charge in [-0.1, -0.05) is 12.1 Å². The van der Waals surface area contributed by atoms with Crippen LogP contribution in [0.4, 0.5) is 28.8 Å². The molecule has 3 aromatic rings. The number of hydrogen-bond donors (Lipinski definition) is 2. The first-order chi connectivity index (χ1) is 12.0. The first-order valence-corrected chi connectivity index (χ1v) is 7.55. The number of pyridine rings is 1. The standard InChI is InChI=1S/C17H16N6O2/c1-11-4-3-5-13(8-11)21-16-15(23(24)25)17(20-10-19-16)22-14-9-12(2)6-7-18-14/h3-10H,1-2H3,(H2,18,19,20,21,22). The van der Waals surface area contributed by atoms with E-state index in [9.17, 15) is 10.1 Å². The molecule has 0 fully saturated rings. The molecule has 8 heteroatoms. The van der Waals surface area contributed by atoms with Crippen molar-refractivity contribution in [2.24, 2.45) is 0 Å². The Kier molecular flexibility index (Phi) is 4.51. The molecule has 126 valence electrons. The molecule has 3 rings (SSSR count). The second-order valence-corrected chi connectivity index (χ2v) is 5.51. The summed E-state index contributed by atoms with van der Waals surface area (Å²) in [6, 6.07) is 11.1. The van der Waals surface area contributed by atoms with Gasteiger partial charge >= 0.3 is 5.69 Å². The predicted molar refractivity (Wildman–Crippen MR) is 95.4 cm³/mol. The average Bonchev–Trinajstić information content (AvgIpc) is 2.55. The van der Waals surface area contributed by atoms with Gasteiger partial charge in [0.05, 0.1) is 4.92 Å². The van der Waals surface area contributed by atoms with E-state index in [1.807, 2.05) is 44.2 Å². The maximum absolute atomic E-state index is 11.6. The van der Waals surface area contributed by atoms with Crippen LogP contribution in [0.15, 0.2) is 48.9 Å². The van der Waals surface area contributed by atoms with Crippen molar-refractivity contribution in [2.75, 3.05) is 10.6 Å². The number of nitrogens with one attached hydrogen (secondary N) is 2. The van der Waals surface area contributed by atoms with E-state index in [-0.39, 0.29) is 17.3 Å². The molecule has 25 heavy (non-hydrogen) atoms. The quantitative estimate of drug-likeness (QED) is 0.538.